The van der Waals surface area contributed by atoms with Gasteiger partial charge in [-0.25, -0.2) is 4.68 Å². The van der Waals surface area contributed by atoms with E-state index in [-0.39, 0.29) is 12.2 Å². The van der Waals surface area contributed by atoms with Crippen LogP contribution in [0.5, 0.6) is 0 Å². The van der Waals surface area contributed by atoms with Crippen LogP contribution in [0.25, 0.3) is 5.69 Å². The highest BCUT2D eigenvalue weighted by atomic mass is 35.5. The number of morpholine rings is 1. The number of ether oxygens (including phenoxy) is 1. The summed E-state index contributed by atoms with van der Waals surface area (Å²) in [6.07, 6.45) is 0.513. The summed E-state index contributed by atoms with van der Waals surface area (Å²) < 4.78 is 7.61. The van der Waals surface area contributed by atoms with Crippen molar-refractivity contribution in [2.24, 2.45) is 0 Å². The van der Waals surface area contributed by atoms with E-state index in [2.05, 4.69) is 23.8 Å². The lowest BCUT2D eigenvalue weighted by molar-refractivity contribution is -0.0705. The quantitative estimate of drug-likeness (QED) is 0.868. The third kappa shape index (κ3) is 3.19. The fourth-order valence-electron chi connectivity index (χ4n) is 3.09. The van der Waals surface area contributed by atoms with E-state index in [0.717, 1.165) is 36.6 Å². The van der Waals surface area contributed by atoms with Gasteiger partial charge in [-0.3, -0.25) is 4.90 Å². The van der Waals surface area contributed by atoms with Crippen molar-refractivity contribution in [1.29, 1.82) is 0 Å². The molecule has 0 bridgehead atoms. The number of aromatic nitrogens is 2. The number of nitrogens with zero attached hydrogens (tertiary/aromatic N) is 3. The standard InChI is InChI=1S/C17H22ClN3O/c1-12-9-20(10-13(2)22-12)11-16-14(3)19-21(17(16)18)15-7-5-4-6-8-15/h4-8,12-13H,9-11H2,1-3H3/t12-,13-/m1/s1. The Balaban J connectivity index is 1.84. The van der Waals surface area contributed by atoms with E-state index in [9.17, 15) is 0 Å². The minimum absolute atomic E-state index is 0.256. The topological polar surface area (TPSA) is 30.3 Å². The molecule has 0 saturated carbocycles. The van der Waals surface area contributed by atoms with Crippen molar-refractivity contribution in [3.63, 3.8) is 0 Å². The van der Waals surface area contributed by atoms with Crippen molar-refractivity contribution in [2.75, 3.05) is 13.1 Å². The summed E-state index contributed by atoms with van der Waals surface area (Å²) in [4.78, 5) is 2.39. The van der Waals surface area contributed by atoms with Crippen LogP contribution in [0.4, 0.5) is 0 Å². The van der Waals surface area contributed by atoms with Crippen LogP contribution < -0.4 is 0 Å². The molecule has 2 atom stereocenters. The molecule has 1 saturated heterocycles. The third-order valence-electron chi connectivity index (χ3n) is 4.00. The molecule has 1 aliphatic heterocycles. The molecule has 1 aromatic carbocycles. The average molecular weight is 320 g/mol. The SMILES string of the molecule is Cc1nn(-c2ccccc2)c(Cl)c1CN1C[C@@H](C)O[C@H](C)C1. The van der Waals surface area contributed by atoms with Crippen molar-refractivity contribution >= 4 is 11.6 Å². The molecule has 0 amide bonds. The zero-order chi connectivity index (χ0) is 15.7. The highest BCUT2D eigenvalue weighted by molar-refractivity contribution is 6.30. The molecule has 5 heteroatoms. The number of halogens is 1. The summed E-state index contributed by atoms with van der Waals surface area (Å²) in [6, 6.07) is 10.0. The maximum atomic E-state index is 6.60. The fraction of sp³-hybridized carbons (Fsp3) is 0.471. The van der Waals surface area contributed by atoms with E-state index in [1.54, 1.807) is 0 Å². The first-order valence-corrected chi connectivity index (χ1v) is 8.09. The van der Waals surface area contributed by atoms with Crippen LogP contribution in [-0.4, -0.2) is 40.0 Å². The average Bonchev–Trinajstić information content (AvgIpc) is 2.75. The molecule has 3 rings (SSSR count). The third-order valence-corrected chi connectivity index (χ3v) is 4.39. The molecule has 2 aromatic rings. The predicted molar refractivity (Wildman–Crippen MR) is 88.6 cm³/mol. The second kappa shape index (κ2) is 6.41. The van der Waals surface area contributed by atoms with E-state index in [4.69, 9.17) is 16.3 Å². The van der Waals surface area contributed by atoms with Gasteiger partial charge < -0.3 is 4.74 Å². The summed E-state index contributed by atoms with van der Waals surface area (Å²) in [5, 5.41) is 5.31. The van der Waals surface area contributed by atoms with Crippen molar-refractivity contribution in [2.45, 2.75) is 39.5 Å². The van der Waals surface area contributed by atoms with Gasteiger partial charge in [0.1, 0.15) is 5.15 Å². The molecule has 2 heterocycles. The van der Waals surface area contributed by atoms with Crippen molar-refractivity contribution in [1.82, 2.24) is 14.7 Å². The van der Waals surface area contributed by atoms with Gasteiger partial charge in [0, 0.05) is 25.2 Å². The Morgan fingerprint density at radius 2 is 1.82 bits per heavy atom. The molecule has 4 nitrogen and oxygen atoms in total. The molecule has 118 valence electrons. The van der Waals surface area contributed by atoms with Gasteiger partial charge in [-0.2, -0.15) is 5.10 Å². The van der Waals surface area contributed by atoms with Crippen LogP contribution in [0.1, 0.15) is 25.1 Å². The first-order valence-electron chi connectivity index (χ1n) is 7.72. The highest BCUT2D eigenvalue weighted by Crippen LogP contribution is 2.26. The minimum Gasteiger partial charge on any atom is -0.373 e. The lowest BCUT2D eigenvalue weighted by Crippen LogP contribution is -2.44. The second-order valence-corrected chi connectivity index (χ2v) is 6.41. The smallest absolute Gasteiger partial charge is 0.137 e. The number of hydrogen-bond acceptors (Lipinski definition) is 3. The van der Waals surface area contributed by atoms with Crippen LogP contribution in [0.2, 0.25) is 5.15 Å². The zero-order valence-electron chi connectivity index (χ0n) is 13.3. The fourth-order valence-corrected chi connectivity index (χ4v) is 3.42. The van der Waals surface area contributed by atoms with Crippen LogP contribution >= 0.6 is 11.6 Å². The summed E-state index contributed by atoms with van der Waals surface area (Å²) >= 11 is 6.60. The maximum Gasteiger partial charge on any atom is 0.137 e. The molecular weight excluding hydrogens is 298 g/mol. The number of aryl methyl sites for hydroxylation is 1. The van der Waals surface area contributed by atoms with Gasteiger partial charge >= 0.3 is 0 Å². The van der Waals surface area contributed by atoms with Gasteiger partial charge in [0.15, 0.2) is 0 Å². The van der Waals surface area contributed by atoms with Gasteiger partial charge in [-0.05, 0) is 32.9 Å². The van der Waals surface area contributed by atoms with Crippen molar-refractivity contribution in [3.05, 3.63) is 46.7 Å². The number of hydrogen-bond donors (Lipinski definition) is 0. The summed E-state index contributed by atoms with van der Waals surface area (Å²) in [7, 11) is 0. The Morgan fingerprint density at radius 3 is 2.45 bits per heavy atom. The zero-order valence-corrected chi connectivity index (χ0v) is 14.0. The Kier molecular flexibility index (Phi) is 4.52. The van der Waals surface area contributed by atoms with Gasteiger partial charge in [-0.1, -0.05) is 29.8 Å². The van der Waals surface area contributed by atoms with Crippen LogP contribution in [0, 0.1) is 6.92 Å². The molecule has 1 fully saturated rings. The number of benzene rings is 1. The molecule has 0 N–H and O–H groups in total. The molecule has 0 spiro atoms. The van der Waals surface area contributed by atoms with E-state index < -0.39 is 0 Å². The van der Waals surface area contributed by atoms with E-state index in [1.165, 1.54) is 0 Å². The molecule has 1 aromatic heterocycles. The van der Waals surface area contributed by atoms with Crippen molar-refractivity contribution < 1.29 is 4.74 Å². The minimum atomic E-state index is 0.256. The Labute approximate surface area is 136 Å². The highest BCUT2D eigenvalue weighted by Gasteiger charge is 2.24. The lowest BCUT2D eigenvalue weighted by Gasteiger charge is -2.35. The second-order valence-electron chi connectivity index (χ2n) is 6.05. The summed E-state index contributed by atoms with van der Waals surface area (Å²) in [5.41, 5.74) is 3.08. The maximum absolute atomic E-state index is 6.60. The van der Waals surface area contributed by atoms with Gasteiger partial charge in [0.2, 0.25) is 0 Å². The first kappa shape index (κ1) is 15.5. The Morgan fingerprint density at radius 1 is 1.18 bits per heavy atom. The van der Waals surface area contributed by atoms with Gasteiger partial charge in [0.05, 0.1) is 23.6 Å². The number of para-hydroxylation sites is 1. The van der Waals surface area contributed by atoms with Crippen LogP contribution in [-0.2, 0) is 11.3 Å². The molecule has 0 radical (unpaired) electrons. The first-order chi connectivity index (χ1) is 10.5. The monoisotopic (exact) mass is 319 g/mol. The number of rotatable bonds is 3. The largest absolute Gasteiger partial charge is 0.373 e. The van der Waals surface area contributed by atoms with Crippen LogP contribution in [0.15, 0.2) is 30.3 Å². The normalized spacial score (nSPS) is 22.9. The van der Waals surface area contributed by atoms with Gasteiger partial charge in [-0.15, -0.1) is 0 Å². The Hall–Kier alpha value is -1.36. The van der Waals surface area contributed by atoms with Crippen molar-refractivity contribution in [3.8, 4) is 5.69 Å². The summed E-state index contributed by atoms with van der Waals surface area (Å²) in [5.74, 6) is 0. The lowest BCUT2D eigenvalue weighted by atomic mass is 10.2. The molecule has 1 aliphatic rings. The van der Waals surface area contributed by atoms with E-state index in [1.807, 2.05) is 41.9 Å². The molecule has 0 unspecified atom stereocenters. The molecular formula is C17H22ClN3O. The molecule has 0 aliphatic carbocycles. The Bertz CT molecular complexity index is 631. The molecule has 22 heavy (non-hydrogen) atoms. The van der Waals surface area contributed by atoms with E-state index in [0.29, 0.717) is 5.15 Å². The predicted octanol–water partition coefficient (Wildman–Crippen LogP) is 3.44. The van der Waals surface area contributed by atoms with E-state index >= 15 is 0 Å². The summed E-state index contributed by atoms with van der Waals surface area (Å²) in [6.45, 7) is 8.92. The van der Waals surface area contributed by atoms with Gasteiger partial charge in [0.25, 0.3) is 0 Å². The van der Waals surface area contributed by atoms with Crippen LogP contribution in [0.3, 0.4) is 0 Å².